The molecule has 1 aromatic heterocycles. The van der Waals surface area contributed by atoms with Gasteiger partial charge in [-0.25, -0.2) is 4.98 Å². The van der Waals surface area contributed by atoms with Crippen LogP contribution in [0.15, 0.2) is 79.0 Å². The molecule has 120 valence electrons. The lowest BCUT2D eigenvalue weighted by Gasteiger charge is -2.19. The van der Waals surface area contributed by atoms with E-state index in [-0.39, 0.29) is 11.8 Å². The molecule has 0 bridgehead atoms. The molecule has 0 amide bonds. The topological polar surface area (TPSA) is 42.0 Å². The third-order valence-corrected chi connectivity index (χ3v) is 4.00. The number of nitrogens with zero attached hydrogens (tertiary/aromatic N) is 1. The standard InChI is InChI=1S/C20H17ClN2O/c21-17-11-9-15(10-12-17)18(23-20-8-4-5-13-22-20)14-19(24)16-6-2-1-3-7-16/h1-13,18H,14H2,(H,22,23). The van der Waals surface area contributed by atoms with Gasteiger partial charge in [0.15, 0.2) is 5.78 Å². The zero-order chi connectivity index (χ0) is 16.8. The van der Waals surface area contributed by atoms with Crippen molar-refractivity contribution in [3.05, 3.63) is 95.1 Å². The molecule has 3 nitrogen and oxygen atoms in total. The van der Waals surface area contributed by atoms with Crippen molar-refractivity contribution in [3.8, 4) is 0 Å². The van der Waals surface area contributed by atoms with Crippen molar-refractivity contribution in [3.63, 3.8) is 0 Å². The molecule has 1 atom stereocenters. The molecule has 0 radical (unpaired) electrons. The highest BCUT2D eigenvalue weighted by Crippen LogP contribution is 2.25. The first-order chi connectivity index (χ1) is 11.7. The third kappa shape index (κ3) is 4.21. The fourth-order valence-electron chi connectivity index (χ4n) is 2.50. The molecular formula is C20H17ClN2O. The Kier molecular flexibility index (Phi) is 5.24. The van der Waals surface area contributed by atoms with Crippen molar-refractivity contribution in [1.82, 2.24) is 4.98 Å². The zero-order valence-corrected chi connectivity index (χ0v) is 13.8. The first kappa shape index (κ1) is 16.2. The lowest BCUT2D eigenvalue weighted by Crippen LogP contribution is -2.16. The Morgan fingerprint density at radius 2 is 1.67 bits per heavy atom. The molecule has 1 unspecified atom stereocenters. The molecule has 4 heteroatoms. The van der Waals surface area contributed by atoms with Gasteiger partial charge in [0, 0.05) is 23.2 Å². The van der Waals surface area contributed by atoms with E-state index in [1.807, 2.05) is 72.8 Å². The van der Waals surface area contributed by atoms with Gasteiger partial charge < -0.3 is 5.32 Å². The normalized spacial score (nSPS) is 11.7. The highest BCUT2D eigenvalue weighted by atomic mass is 35.5. The molecule has 0 fully saturated rings. The van der Waals surface area contributed by atoms with E-state index in [4.69, 9.17) is 11.6 Å². The molecule has 3 aromatic rings. The number of Topliss-reactive ketones (excluding diaryl/α,β-unsaturated/α-hetero) is 1. The molecule has 0 aliphatic carbocycles. The molecular weight excluding hydrogens is 320 g/mol. The Balaban J connectivity index is 1.84. The predicted octanol–water partition coefficient (Wildman–Crippen LogP) is 5.16. The second-order valence-electron chi connectivity index (χ2n) is 5.46. The van der Waals surface area contributed by atoms with E-state index in [1.54, 1.807) is 6.20 Å². The van der Waals surface area contributed by atoms with E-state index in [0.29, 0.717) is 17.0 Å². The van der Waals surface area contributed by atoms with Gasteiger partial charge in [0.2, 0.25) is 0 Å². The van der Waals surface area contributed by atoms with Crippen molar-refractivity contribution < 1.29 is 4.79 Å². The number of carbonyl (C=O) groups excluding carboxylic acids is 1. The summed E-state index contributed by atoms with van der Waals surface area (Å²) in [6.45, 7) is 0. The number of aromatic nitrogens is 1. The van der Waals surface area contributed by atoms with Crippen LogP contribution in [0, 0.1) is 0 Å². The van der Waals surface area contributed by atoms with Crippen LogP contribution in [-0.2, 0) is 0 Å². The molecule has 0 aliphatic heterocycles. The molecule has 0 aliphatic rings. The molecule has 0 saturated heterocycles. The Morgan fingerprint density at radius 3 is 2.33 bits per heavy atom. The Bertz CT molecular complexity index is 789. The molecule has 24 heavy (non-hydrogen) atoms. The van der Waals surface area contributed by atoms with E-state index in [0.717, 1.165) is 11.4 Å². The van der Waals surface area contributed by atoms with E-state index >= 15 is 0 Å². The number of rotatable bonds is 6. The van der Waals surface area contributed by atoms with Crippen molar-refractivity contribution in [2.24, 2.45) is 0 Å². The van der Waals surface area contributed by atoms with Crippen molar-refractivity contribution in [2.75, 3.05) is 5.32 Å². The Morgan fingerprint density at radius 1 is 0.958 bits per heavy atom. The summed E-state index contributed by atoms with van der Waals surface area (Å²) in [5.41, 5.74) is 1.70. The maximum absolute atomic E-state index is 12.6. The average Bonchev–Trinajstić information content (AvgIpc) is 2.63. The average molecular weight is 337 g/mol. The van der Waals surface area contributed by atoms with Crippen LogP contribution in [-0.4, -0.2) is 10.8 Å². The van der Waals surface area contributed by atoms with Crippen LogP contribution in [0.3, 0.4) is 0 Å². The predicted molar refractivity (Wildman–Crippen MR) is 97.4 cm³/mol. The molecule has 2 aromatic carbocycles. The minimum Gasteiger partial charge on any atom is -0.363 e. The maximum Gasteiger partial charge on any atom is 0.165 e. The van der Waals surface area contributed by atoms with Crippen LogP contribution in [0.25, 0.3) is 0 Å². The van der Waals surface area contributed by atoms with Gasteiger partial charge in [-0.3, -0.25) is 4.79 Å². The van der Waals surface area contributed by atoms with Gasteiger partial charge in [0.1, 0.15) is 5.82 Å². The van der Waals surface area contributed by atoms with Crippen LogP contribution in [0.2, 0.25) is 5.02 Å². The molecule has 3 rings (SSSR count). The molecule has 1 heterocycles. The lowest BCUT2D eigenvalue weighted by molar-refractivity contribution is 0.0976. The second-order valence-corrected chi connectivity index (χ2v) is 5.89. The van der Waals surface area contributed by atoms with Crippen LogP contribution in [0.5, 0.6) is 0 Å². The van der Waals surface area contributed by atoms with E-state index in [9.17, 15) is 4.79 Å². The summed E-state index contributed by atoms with van der Waals surface area (Å²) in [4.78, 5) is 16.9. The van der Waals surface area contributed by atoms with Crippen molar-refractivity contribution in [1.29, 1.82) is 0 Å². The van der Waals surface area contributed by atoms with Gasteiger partial charge in [-0.15, -0.1) is 0 Å². The van der Waals surface area contributed by atoms with Gasteiger partial charge in [-0.05, 0) is 29.8 Å². The first-order valence-electron chi connectivity index (χ1n) is 7.73. The number of benzene rings is 2. The number of nitrogens with one attached hydrogen (secondary N) is 1. The second kappa shape index (κ2) is 7.75. The number of ketones is 1. The fraction of sp³-hybridized carbons (Fsp3) is 0.100. The minimum atomic E-state index is -0.176. The molecule has 0 spiro atoms. The SMILES string of the molecule is O=C(CC(Nc1ccccn1)c1ccc(Cl)cc1)c1ccccc1. The first-order valence-corrected chi connectivity index (χ1v) is 8.11. The Hall–Kier alpha value is -2.65. The van der Waals surface area contributed by atoms with E-state index in [2.05, 4.69) is 10.3 Å². The minimum absolute atomic E-state index is 0.0824. The van der Waals surface area contributed by atoms with Crippen molar-refractivity contribution in [2.45, 2.75) is 12.5 Å². The Labute approximate surface area is 146 Å². The summed E-state index contributed by atoms with van der Waals surface area (Å²) in [6, 6.07) is 22.3. The van der Waals surface area contributed by atoms with Crippen LogP contribution in [0.1, 0.15) is 28.4 Å². The largest absolute Gasteiger partial charge is 0.363 e. The van der Waals surface area contributed by atoms with Gasteiger partial charge in [0.25, 0.3) is 0 Å². The summed E-state index contributed by atoms with van der Waals surface area (Å²) in [5, 5.41) is 4.01. The summed E-state index contributed by atoms with van der Waals surface area (Å²) < 4.78 is 0. The number of halogens is 1. The molecule has 0 saturated carbocycles. The summed E-state index contributed by atoms with van der Waals surface area (Å²) >= 11 is 5.98. The zero-order valence-electron chi connectivity index (χ0n) is 13.0. The van der Waals surface area contributed by atoms with E-state index < -0.39 is 0 Å². The monoisotopic (exact) mass is 336 g/mol. The smallest absolute Gasteiger partial charge is 0.165 e. The fourth-order valence-corrected chi connectivity index (χ4v) is 2.63. The summed E-state index contributed by atoms with van der Waals surface area (Å²) in [6.07, 6.45) is 2.06. The third-order valence-electron chi connectivity index (χ3n) is 3.74. The van der Waals surface area contributed by atoms with E-state index in [1.165, 1.54) is 0 Å². The highest BCUT2D eigenvalue weighted by molar-refractivity contribution is 6.30. The lowest BCUT2D eigenvalue weighted by atomic mass is 9.98. The van der Waals surface area contributed by atoms with Crippen LogP contribution < -0.4 is 5.32 Å². The van der Waals surface area contributed by atoms with Crippen molar-refractivity contribution >= 4 is 23.2 Å². The number of anilines is 1. The maximum atomic E-state index is 12.6. The highest BCUT2D eigenvalue weighted by Gasteiger charge is 2.17. The molecule has 1 N–H and O–H groups in total. The summed E-state index contributed by atoms with van der Waals surface area (Å²) in [5.74, 6) is 0.817. The van der Waals surface area contributed by atoms with Gasteiger partial charge in [0.05, 0.1) is 6.04 Å². The van der Waals surface area contributed by atoms with Gasteiger partial charge in [-0.2, -0.15) is 0 Å². The van der Waals surface area contributed by atoms with Crippen LogP contribution in [0.4, 0.5) is 5.82 Å². The number of hydrogen-bond donors (Lipinski definition) is 1. The van der Waals surface area contributed by atoms with Crippen LogP contribution >= 0.6 is 11.6 Å². The number of hydrogen-bond acceptors (Lipinski definition) is 3. The number of pyridine rings is 1. The van der Waals surface area contributed by atoms with Gasteiger partial charge in [-0.1, -0.05) is 60.1 Å². The summed E-state index contributed by atoms with van der Waals surface area (Å²) in [7, 11) is 0. The van der Waals surface area contributed by atoms with Gasteiger partial charge >= 0.3 is 0 Å². The number of carbonyl (C=O) groups is 1. The quantitative estimate of drug-likeness (QED) is 0.632.